The summed E-state index contributed by atoms with van der Waals surface area (Å²) in [7, 11) is 0. The molecule has 2 saturated heterocycles. The first-order valence-electron chi connectivity index (χ1n) is 8.39. The van der Waals surface area contributed by atoms with Gasteiger partial charge in [0.2, 0.25) is 12.2 Å². The summed E-state index contributed by atoms with van der Waals surface area (Å²) in [5.41, 5.74) is 2.15. The Morgan fingerprint density at radius 3 is 2.87 bits per heavy atom. The number of aromatic nitrogens is 2. The highest BCUT2D eigenvalue weighted by Gasteiger charge is 2.31. The number of hydrogen-bond donors (Lipinski definition) is 2. The van der Waals surface area contributed by atoms with Crippen molar-refractivity contribution >= 4 is 0 Å². The molecule has 2 aliphatic rings. The fourth-order valence-electron chi connectivity index (χ4n) is 3.36. The summed E-state index contributed by atoms with van der Waals surface area (Å²) in [5.74, 6) is 0.563. The lowest BCUT2D eigenvalue weighted by molar-refractivity contribution is -0.186. The minimum absolute atomic E-state index is 0.121. The lowest BCUT2D eigenvalue weighted by Crippen LogP contribution is -2.40. The van der Waals surface area contributed by atoms with Gasteiger partial charge in [0.15, 0.2) is 0 Å². The van der Waals surface area contributed by atoms with E-state index in [1.165, 1.54) is 0 Å². The smallest absolute Gasteiger partial charge is 0.238 e. The molecule has 3 heterocycles. The molecular weight excluding hydrogens is 300 g/mol. The first-order valence-corrected chi connectivity index (χ1v) is 8.39. The molecule has 23 heavy (non-hydrogen) atoms. The first kappa shape index (κ1) is 16.7. The summed E-state index contributed by atoms with van der Waals surface area (Å²) < 4.78 is 19.1. The summed E-state index contributed by atoms with van der Waals surface area (Å²) in [6.07, 6.45) is 1.09. The van der Waals surface area contributed by atoms with Crippen molar-refractivity contribution in [3.05, 3.63) is 11.3 Å². The zero-order chi connectivity index (χ0) is 16.4. The normalized spacial score (nSPS) is 31.5. The predicted molar refractivity (Wildman–Crippen MR) is 82.4 cm³/mol. The molecule has 4 atom stereocenters. The van der Waals surface area contributed by atoms with E-state index in [1.807, 2.05) is 11.6 Å². The van der Waals surface area contributed by atoms with Gasteiger partial charge in [0.1, 0.15) is 0 Å². The van der Waals surface area contributed by atoms with Crippen LogP contribution >= 0.6 is 0 Å². The van der Waals surface area contributed by atoms with Crippen LogP contribution in [-0.2, 0) is 15.9 Å². The van der Waals surface area contributed by atoms with Crippen molar-refractivity contribution in [2.75, 3.05) is 19.8 Å². The molecule has 7 nitrogen and oxygen atoms in total. The monoisotopic (exact) mass is 326 g/mol. The molecule has 3 rings (SSSR count). The average Bonchev–Trinajstić information content (AvgIpc) is 3.14. The van der Waals surface area contributed by atoms with E-state index < -0.39 is 12.4 Å². The molecule has 0 amide bonds. The molecule has 7 heteroatoms. The minimum atomic E-state index is -0.580. The van der Waals surface area contributed by atoms with Gasteiger partial charge in [0.25, 0.3) is 0 Å². The quantitative estimate of drug-likeness (QED) is 0.838. The molecule has 1 aromatic rings. The molecule has 0 bridgehead atoms. The molecule has 0 radical (unpaired) electrons. The number of hydrogen-bond acceptors (Lipinski definition) is 6. The van der Waals surface area contributed by atoms with Crippen LogP contribution in [0.4, 0.5) is 0 Å². The van der Waals surface area contributed by atoms with Crippen molar-refractivity contribution in [1.82, 2.24) is 9.78 Å². The fraction of sp³-hybridized carbons (Fsp3) is 0.812. The van der Waals surface area contributed by atoms with Crippen molar-refractivity contribution in [1.29, 1.82) is 0 Å². The second-order valence-electron chi connectivity index (χ2n) is 6.30. The topological polar surface area (TPSA) is 86.0 Å². The molecular formula is C16H26N2O5. The summed E-state index contributed by atoms with van der Waals surface area (Å²) in [4.78, 5) is 0. The van der Waals surface area contributed by atoms with E-state index in [0.29, 0.717) is 25.3 Å². The van der Waals surface area contributed by atoms with Gasteiger partial charge in [-0.15, -0.1) is 5.10 Å². The Kier molecular flexibility index (Phi) is 5.21. The third-order valence-electron chi connectivity index (χ3n) is 4.63. The third kappa shape index (κ3) is 3.52. The van der Waals surface area contributed by atoms with Crippen molar-refractivity contribution in [3.8, 4) is 5.88 Å². The lowest BCUT2D eigenvalue weighted by atomic mass is 10.1. The van der Waals surface area contributed by atoms with Crippen molar-refractivity contribution in [2.24, 2.45) is 0 Å². The van der Waals surface area contributed by atoms with Gasteiger partial charge in [-0.3, -0.25) is 4.68 Å². The van der Waals surface area contributed by atoms with Crippen molar-refractivity contribution < 1.29 is 24.4 Å². The van der Waals surface area contributed by atoms with E-state index >= 15 is 0 Å². The fourth-order valence-corrected chi connectivity index (χ4v) is 3.36. The molecule has 2 N–H and O–H groups in total. The Bertz CT molecular complexity index is 527. The number of nitrogens with zero attached hydrogens (tertiary/aromatic N) is 2. The SMILES string of the molecule is CCc1c(OC2CC(O)CC(CO)O2)nn(C2CCOC2)c1C. The maximum atomic E-state index is 9.90. The van der Waals surface area contributed by atoms with Gasteiger partial charge in [-0.2, -0.15) is 0 Å². The van der Waals surface area contributed by atoms with Gasteiger partial charge in [-0.25, -0.2) is 0 Å². The summed E-state index contributed by atoms with van der Waals surface area (Å²) in [5, 5.41) is 23.8. The Morgan fingerprint density at radius 2 is 2.22 bits per heavy atom. The summed E-state index contributed by atoms with van der Waals surface area (Å²) in [6, 6.07) is 0.251. The molecule has 0 saturated carbocycles. The van der Waals surface area contributed by atoms with Gasteiger partial charge < -0.3 is 24.4 Å². The maximum Gasteiger partial charge on any atom is 0.238 e. The molecule has 1 aromatic heterocycles. The summed E-state index contributed by atoms with van der Waals surface area (Å²) in [6.45, 7) is 5.43. The van der Waals surface area contributed by atoms with Crippen LogP contribution in [0.5, 0.6) is 5.88 Å². The highest BCUT2D eigenvalue weighted by atomic mass is 16.7. The predicted octanol–water partition coefficient (Wildman–Crippen LogP) is 0.952. The van der Waals surface area contributed by atoms with Crippen LogP contribution in [0.25, 0.3) is 0 Å². The second-order valence-corrected chi connectivity index (χ2v) is 6.30. The summed E-state index contributed by atoms with van der Waals surface area (Å²) >= 11 is 0. The van der Waals surface area contributed by atoms with Gasteiger partial charge >= 0.3 is 0 Å². The van der Waals surface area contributed by atoms with Crippen LogP contribution in [0.15, 0.2) is 0 Å². The van der Waals surface area contributed by atoms with Crippen molar-refractivity contribution in [2.45, 2.75) is 64.1 Å². The largest absolute Gasteiger partial charge is 0.446 e. The highest BCUT2D eigenvalue weighted by Crippen LogP contribution is 2.30. The van der Waals surface area contributed by atoms with Gasteiger partial charge in [-0.05, 0) is 19.8 Å². The number of rotatable bonds is 5. The average molecular weight is 326 g/mol. The van der Waals surface area contributed by atoms with Crippen LogP contribution < -0.4 is 4.74 Å². The van der Waals surface area contributed by atoms with Gasteiger partial charge in [0.05, 0.1) is 31.5 Å². The molecule has 0 aromatic carbocycles. The molecule has 0 spiro atoms. The van der Waals surface area contributed by atoms with E-state index in [-0.39, 0.29) is 18.8 Å². The van der Waals surface area contributed by atoms with Crippen LogP contribution in [0.2, 0.25) is 0 Å². The van der Waals surface area contributed by atoms with Crippen LogP contribution in [0.1, 0.15) is 43.5 Å². The lowest BCUT2D eigenvalue weighted by Gasteiger charge is -2.31. The standard InChI is InChI=1S/C16H26N2O5/c1-3-14-10(2)18(11-4-5-21-9-11)17-16(14)23-15-7-12(20)6-13(8-19)22-15/h11-13,15,19-20H,3-9H2,1-2H3. The zero-order valence-corrected chi connectivity index (χ0v) is 13.8. The number of aliphatic hydroxyl groups is 2. The van der Waals surface area contributed by atoms with E-state index in [9.17, 15) is 10.2 Å². The zero-order valence-electron chi connectivity index (χ0n) is 13.8. The van der Waals surface area contributed by atoms with Crippen LogP contribution in [0.3, 0.4) is 0 Å². The van der Waals surface area contributed by atoms with Crippen LogP contribution in [0, 0.1) is 6.92 Å². The van der Waals surface area contributed by atoms with Gasteiger partial charge in [-0.1, -0.05) is 6.92 Å². The maximum absolute atomic E-state index is 9.90. The minimum Gasteiger partial charge on any atom is -0.446 e. The van der Waals surface area contributed by atoms with Crippen LogP contribution in [-0.4, -0.2) is 58.3 Å². The molecule has 130 valence electrons. The van der Waals surface area contributed by atoms with Crippen molar-refractivity contribution in [3.63, 3.8) is 0 Å². The first-order chi connectivity index (χ1) is 11.1. The Labute approximate surface area is 136 Å². The van der Waals surface area contributed by atoms with E-state index in [2.05, 4.69) is 12.0 Å². The Hall–Kier alpha value is -1.15. The molecule has 2 fully saturated rings. The number of ether oxygens (including phenoxy) is 3. The van der Waals surface area contributed by atoms with E-state index in [4.69, 9.17) is 14.2 Å². The highest BCUT2D eigenvalue weighted by molar-refractivity contribution is 5.31. The van der Waals surface area contributed by atoms with Gasteiger partial charge in [0, 0.05) is 30.7 Å². The molecule has 4 unspecified atom stereocenters. The third-order valence-corrected chi connectivity index (χ3v) is 4.63. The second kappa shape index (κ2) is 7.17. The molecule has 2 aliphatic heterocycles. The molecule has 0 aliphatic carbocycles. The van der Waals surface area contributed by atoms with E-state index in [0.717, 1.165) is 30.7 Å². The number of aliphatic hydroxyl groups excluding tert-OH is 2. The van der Waals surface area contributed by atoms with E-state index in [1.54, 1.807) is 0 Å². The Morgan fingerprint density at radius 1 is 1.39 bits per heavy atom. The Balaban J connectivity index is 1.77.